The fraction of sp³-hybridized carbons (Fsp3) is 0.0476. The summed E-state index contributed by atoms with van der Waals surface area (Å²) in [5.41, 5.74) is 3.08. The lowest BCUT2D eigenvalue weighted by Gasteiger charge is -2.08. The van der Waals surface area contributed by atoms with E-state index in [1.54, 1.807) is 42.7 Å². The van der Waals surface area contributed by atoms with Crippen molar-refractivity contribution in [1.29, 1.82) is 0 Å². The van der Waals surface area contributed by atoms with E-state index in [1.165, 1.54) is 17.6 Å². The molecule has 3 aromatic heterocycles. The van der Waals surface area contributed by atoms with Gasteiger partial charge in [-0.25, -0.2) is 9.78 Å². The molecule has 0 fully saturated rings. The Morgan fingerprint density at radius 1 is 1.07 bits per heavy atom. The highest BCUT2D eigenvalue weighted by Gasteiger charge is 2.10. The molecule has 3 heterocycles. The van der Waals surface area contributed by atoms with Gasteiger partial charge in [0, 0.05) is 35.6 Å². The van der Waals surface area contributed by atoms with Gasteiger partial charge in [-0.3, -0.25) is 15.1 Å². The summed E-state index contributed by atoms with van der Waals surface area (Å²) in [6.07, 6.45) is 4.85. The highest BCUT2D eigenvalue weighted by Crippen LogP contribution is 2.24. The molecule has 0 atom stereocenters. The molecule has 3 N–H and O–H groups in total. The van der Waals surface area contributed by atoms with E-state index < -0.39 is 0 Å². The Balaban J connectivity index is 1.31. The van der Waals surface area contributed by atoms with E-state index in [9.17, 15) is 9.59 Å². The number of carbonyl (C=O) groups excluding carboxylic acids is 2. The van der Waals surface area contributed by atoms with Gasteiger partial charge >= 0.3 is 6.03 Å². The molecule has 0 radical (unpaired) electrons. The number of thiazole rings is 1. The molecule has 0 aliphatic rings. The first kappa shape index (κ1) is 19.3. The number of nitrogens with zero attached hydrogens (tertiary/aromatic N) is 2. The monoisotopic (exact) mass is 419 g/mol. The number of anilines is 2. The lowest BCUT2D eigenvalue weighted by molar-refractivity contribution is 0.0996. The van der Waals surface area contributed by atoms with Gasteiger partial charge in [0.15, 0.2) is 10.9 Å². The van der Waals surface area contributed by atoms with Crippen molar-refractivity contribution < 1.29 is 14.0 Å². The Kier molecular flexibility index (Phi) is 5.81. The van der Waals surface area contributed by atoms with E-state index in [-0.39, 0.29) is 24.2 Å². The Morgan fingerprint density at radius 2 is 2.00 bits per heavy atom. The maximum atomic E-state index is 12.2. The molecule has 0 unspecified atom stereocenters. The Morgan fingerprint density at radius 3 is 2.80 bits per heavy atom. The van der Waals surface area contributed by atoms with E-state index in [0.717, 1.165) is 16.8 Å². The standard InChI is InChI=1S/C21H17N5O3S/c27-19(18-7-3-9-29-18)24-16-6-1-4-14(10-16)11-23-20(28)26-21-25-17(13-30-21)15-5-2-8-22-12-15/h1-10,12-13H,11H2,(H,24,27)(H2,23,25,26,28). The largest absolute Gasteiger partial charge is 0.459 e. The van der Waals surface area contributed by atoms with Crippen molar-refractivity contribution in [1.82, 2.24) is 15.3 Å². The lowest BCUT2D eigenvalue weighted by atomic mass is 10.2. The first-order chi connectivity index (χ1) is 14.7. The predicted molar refractivity (Wildman–Crippen MR) is 114 cm³/mol. The summed E-state index contributed by atoms with van der Waals surface area (Å²) >= 11 is 1.34. The number of benzene rings is 1. The molecule has 0 aliphatic heterocycles. The average Bonchev–Trinajstić information content (AvgIpc) is 3.46. The van der Waals surface area contributed by atoms with Gasteiger partial charge in [-0.2, -0.15) is 0 Å². The van der Waals surface area contributed by atoms with Gasteiger partial charge in [-0.15, -0.1) is 11.3 Å². The SMILES string of the molecule is O=C(NCc1cccc(NC(=O)c2ccco2)c1)Nc1nc(-c2cccnc2)cs1. The first-order valence-electron chi connectivity index (χ1n) is 9.02. The number of hydrogen-bond acceptors (Lipinski definition) is 6. The number of urea groups is 1. The van der Waals surface area contributed by atoms with Crippen LogP contribution in [0.2, 0.25) is 0 Å². The van der Waals surface area contributed by atoms with Crippen molar-refractivity contribution in [2.45, 2.75) is 6.54 Å². The molecule has 1 aromatic carbocycles. The lowest BCUT2D eigenvalue weighted by Crippen LogP contribution is -2.28. The minimum absolute atomic E-state index is 0.229. The van der Waals surface area contributed by atoms with Crippen molar-refractivity contribution in [2.75, 3.05) is 10.6 Å². The summed E-state index contributed by atoms with van der Waals surface area (Å²) in [5.74, 6) is -0.108. The molecule has 150 valence electrons. The van der Waals surface area contributed by atoms with Crippen molar-refractivity contribution in [2.24, 2.45) is 0 Å². The van der Waals surface area contributed by atoms with Crippen LogP contribution in [-0.2, 0) is 6.54 Å². The Hall–Kier alpha value is -3.98. The average molecular weight is 419 g/mol. The smallest absolute Gasteiger partial charge is 0.321 e. The van der Waals surface area contributed by atoms with E-state index >= 15 is 0 Å². The molecule has 0 bridgehead atoms. The number of nitrogens with one attached hydrogen (secondary N) is 3. The molecule has 0 saturated heterocycles. The maximum absolute atomic E-state index is 12.2. The molecule has 9 heteroatoms. The summed E-state index contributed by atoms with van der Waals surface area (Å²) < 4.78 is 5.08. The molecule has 0 spiro atoms. The molecule has 0 aliphatic carbocycles. The second-order valence-electron chi connectivity index (χ2n) is 6.22. The topological polar surface area (TPSA) is 109 Å². The number of carbonyl (C=O) groups is 2. The predicted octanol–water partition coefficient (Wildman–Crippen LogP) is 4.37. The molecular weight excluding hydrogens is 402 g/mol. The third kappa shape index (κ3) is 4.89. The quantitative estimate of drug-likeness (QED) is 0.430. The van der Waals surface area contributed by atoms with Gasteiger partial charge in [-0.1, -0.05) is 12.1 Å². The van der Waals surface area contributed by atoms with Crippen LogP contribution >= 0.6 is 11.3 Å². The zero-order chi connectivity index (χ0) is 20.8. The number of furan rings is 1. The minimum Gasteiger partial charge on any atom is -0.459 e. The zero-order valence-electron chi connectivity index (χ0n) is 15.7. The number of amides is 3. The highest BCUT2D eigenvalue weighted by atomic mass is 32.1. The Labute approximate surface area is 176 Å². The van der Waals surface area contributed by atoms with Crippen LogP contribution < -0.4 is 16.0 Å². The normalized spacial score (nSPS) is 10.4. The summed E-state index contributed by atoms with van der Waals surface area (Å²) in [7, 11) is 0. The van der Waals surface area contributed by atoms with Crippen LogP contribution in [0, 0.1) is 0 Å². The van der Waals surface area contributed by atoms with E-state index in [0.29, 0.717) is 10.8 Å². The molecule has 8 nitrogen and oxygen atoms in total. The number of hydrogen-bond donors (Lipinski definition) is 3. The van der Waals surface area contributed by atoms with Crippen LogP contribution in [0.4, 0.5) is 15.6 Å². The maximum Gasteiger partial charge on any atom is 0.321 e. The molecule has 4 rings (SSSR count). The summed E-state index contributed by atoms with van der Waals surface area (Å²) in [6.45, 7) is 0.289. The van der Waals surface area contributed by atoms with Crippen LogP contribution in [0.5, 0.6) is 0 Å². The molecule has 30 heavy (non-hydrogen) atoms. The minimum atomic E-state index is -0.368. The van der Waals surface area contributed by atoms with Crippen LogP contribution in [0.15, 0.2) is 77.0 Å². The van der Waals surface area contributed by atoms with E-state index in [2.05, 4.69) is 25.9 Å². The number of aromatic nitrogens is 2. The van der Waals surface area contributed by atoms with Gasteiger partial charge < -0.3 is 15.1 Å². The zero-order valence-corrected chi connectivity index (χ0v) is 16.5. The molecule has 0 saturated carbocycles. The number of rotatable bonds is 6. The van der Waals surface area contributed by atoms with Gasteiger partial charge in [0.1, 0.15) is 0 Å². The summed E-state index contributed by atoms with van der Waals surface area (Å²) in [6, 6.07) is 13.8. The summed E-state index contributed by atoms with van der Waals surface area (Å²) in [5, 5.41) is 10.6. The second-order valence-corrected chi connectivity index (χ2v) is 7.08. The molecular formula is C21H17N5O3S. The third-order valence-electron chi connectivity index (χ3n) is 4.06. The van der Waals surface area contributed by atoms with Gasteiger partial charge in [0.25, 0.3) is 5.91 Å². The van der Waals surface area contributed by atoms with Gasteiger partial charge in [0.2, 0.25) is 0 Å². The van der Waals surface area contributed by atoms with Gasteiger partial charge in [0.05, 0.1) is 12.0 Å². The van der Waals surface area contributed by atoms with Crippen LogP contribution in [-0.4, -0.2) is 21.9 Å². The van der Waals surface area contributed by atoms with Gasteiger partial charge in [-0.05, 0) is 42.0 Å². The van der Waals surface area contributed by atoms with E-state index in [4.69, 9.17) is 4.42 Å². The fourth-order valence-electron chi connectivity index (χ4n) is 2.66. The number of pyridine rings is 1. The van der Waals surface area contributed by atoms with Crippen LogP contribution in [0.1, 0.15) is 16.1 Å². The van der Waals surface area contributed by atoms with Crippen molar-refractivity contribution >= 4 is 34.1 Å². The van der Waals surface area contributed by atoms with Crippen molar-refractivity contribution in [3.8, 4) is 11.3 Å². The first-order valence-corrected chi connectivity index (χ1v) is 9.90. The third-order valence-corrected chi connectivity index (χ3v) is 4.82. The van der Waals surface area contributed by atoms with Crippen LogP contribution in [0.3, 0.4) is 0 Å². The Bertz CT molecular complexity index is 1140. The molecule has 3 amide bonds. The highest BCUT2D eigenvalue weighted by molar-refractivity contribution is 7.14. The van der Waals surface area contributed by atoms with E-state index in [1.807, 2.05) is 23.6 Å². The fourth-order valence-corrected chi connectivity index (χ4v) is 3.38. The van der Waals surface area contributed by atoms with Crippen molar-refractivity contribution in [3.05, 3.63) is 83.9 Å². The second kappa shape index (κ2) is 9.01. The van der Waals surface area contributed by atoms with Crippen LogP contribution in [0.25, 0.3) is 11.3 Å². The summed E-state index contributed by atoms with van der Waals surface area (Å²) in [4.78, 5) is 32.7. The molecule has 4 aromatic rings. The van der Waals surface area contributed by atoms with Crippen molar-refractivity contribution in [3.63, 3.8) is 0 Å².